The Morgan fingerprint density at radius 3 is 1.71 bits per heavy atom. The molecule has 0 N–H and O–H groups in total. The molecular weight excluding hydrogens is 594 g/mol. The molecule has 0 radical (unpaired) electrons. The second-order valence-corrected chi connectivity index (χ2v) is 16.4. The van der Waals surface area contributed by atoms with Crippen molar-refractivity contribution < 1.29 is 4.39 Å². The zero-order valence-corrected chi connectivity index (χ0v) is 30.2. The molecule has 238 valence electrons. The van der Waals surface area contributed by atoms with Crippen LogP contribution in [0.3, 0.4) is 0 Å². The van der Waals surface area contributed by atoms with Crippen molar-refractivity contribution in [2.45, 2.75) is 85.9 Å². The second kappa shape index (κ2) is 12.6. The van der Waals surface area contributed by atoms with Crippen molar-refractivity contribution in [3.63, 3.8) is 0 Å². The van der Waals surface area contributed by atoms with E-state index in [1.165, 1.54) is 44.7 Å². The maximum absolute atomic E-state index is 13.7. The van der Waals surface area contributed by atoms with Gasteiger partial charge >= 0.3 is 0 Å². The molecule has 2 aromatic heterocycles. The van der Waals surface area contributed by atoms with Gasteiger partial charge in [-0.05, 0) is 115 Å². The van der Waals surface area contributed by atoms with Crippen molar-refractivity contribution in [1.82, 2.24) is 14.7 Å². The number of hydrogen-bond donors (Lipinski definition) is 0. The number of thiophene rings is 2. The first-order valence-corrected chi connectivity index (χ1v) is 17.0. The van der Waals surface area contributed by atoms with Gasteiger partial charge in [-0.2, -0.15) is 0 Å². The van der Waals surface area contributed by atoms with Crippen LogP contribution in [0.5, 0.6) is 0 Å². The highest BCUT2D eigenvalue weighted by Gasteiger charge is 2.29. The standard InChI is InChI=1S/C15H19N.C12H14FNS.C12H15NS/c1-11-6-7-14-12(2)16(15(3,4)5)9-8-13(14)10-11;1-8-11-9(5-6-15-11)10(13)7-14(8)12(2,3)4;1-9-11-10(6-8-14-11)5-7-13(9)12(2,3)4/h6-10H,2H2,1,3-5H3;5-7H,1H2,2-4H3;5-8H,1H2,2-4H3. The van der Waals surface area contributed by atoms with Gasteiger partial charge in [0.15, 0.2) is 0 Å². The lowest BCUT2D eigenvalue weighted by Crippen LogP contribution is -2.36. The maximum atomic E-state index is 13.7. The lowest BCUT2D eigenvalue weighted by molar-refractivity contribution is 0.294. The molecule has 6 heteroatoms. The summed E-state index contributed by atoms with van der Waals surface area (Å²) in [5.74, 6) is -0.173. The fourth-order valence-electron chi connectivity index (χ4n) is 5.44. The van der Waals surface area contributed by atoms with Crippen molar-refractivity contribution in [3.05, 3.63) is 117 Å². The summed E-state index contributed by atoms with van der Waals surface area (Å²) >= 11 is 3.30. The van der Waals surface area contributed by atoms with Crippen molar-refractivity contribution in [1.29, 1.82) is 0 Å². The van der Waals surface area contributed by atoms with Crippen LogP contribution in [0.15, 0.2) is 79.4 Å². The lowest BCUT2D eigenvalue weighted by atomic mass is 9.95. The lowest BCUT2D eigenvalue weighted by Gasteiger charge is -2.38. The molecule has 5 heterocycles. The number of aryl methyl sites for hydroxylation is 1. The minimum absolute atomic E-state index is 0.0795. The highest BCUT2D eigenvalue weighted by Crippen LogP contribution is 2.41. The van der Waals surface area contributed by atoms with Crippen LogP contribution in [0.1, 0.15) is 99.9 Å². The molecule has 0 fully saturated rings. The molecule has 6 rings (SSSR count). The summed E-state index contributed by atoms with van der Waals surface area (Å²) in [6.45, 7) is 33.8. The summed E-state index contributed by atoms with van der Waals surface area (Å²) in [5.41, 5.74) is 8.89. The van der Waals surface area contributed by atoms with Gasteiger partial charge in [0.25, 0.3) is 0 Å². The third-order valence-corrected chi connectivity index (χ3v) is 9.69. The van der Waals surface area contributed by atoms with E-state index in [1.54, 1.807) is 17.4 Å². The van der Waals surface area contributed by atoms with E-state index in [-0.39, 0.29) is 22.4 Å². The van der Waals surface area contributed by atoms with E-state index in [0.29, 0.717) is 5.56 Å². The van der Waals surface area contributed by atoms with Crippen LogP contribution in [0.4, 0.5) is 4.39 Å². The molecule has 0 bridgehead atoms. The van der Waals surface area contributed by atoms with Gasteiger partial charge in [-0.25, -0.2) is 4.39 Å². The van der Waals surface area contributed by atoms with E-state index >= 15 is 0 Å². The van der Waals surface area contributed by atoms with Crippen LogP contribution in [-0.4, -0.2) is 31.3 Å². The summed E-state index contributed by atoms with van der Waals surface area (Å²) in [5, 5.41) is 4.02. The van der Waals surface area contributed by atoms with Crippen LogP contribution in [-0.2, 0) is 0 Å². The van der Waals surface area contributed by atoms with Crippen LogP contribution < -0.4 is 0 Å². The third-order valence-electron chi connectivity index (χ3n) is 7.75. The van der Waals surface area contributed by atoms with Crippen molar-refractivity contribution in [2.75, 3.05) is 0 Å². The zero-order valence-electron chi connectivity index (χ0n) is 28.6. The van der Waals surface area contributed by atoms with E-state index in [1.807, 2.05) is 31.1 Å². The Kier molecular flexibility index (Phi) is 9.63. The van der Waals surface area contributed by atoms with Crippen molar-refractivity contribution >= 4 is 57.7 Å². The van der Waals surface area contributed by atoms with Crippen LogP contribution in [0.2, 0.25) is 0 Å². The highest BCUT2D eigenvalue weighted by molar-refractivity contribution is 7.11. The number of fused-ring (bicyclic) bond motifs is 3. The summed E-state index contributed by atoms with van der Waals surface area (Å²) < 4.78 is 13.7. The van der Waals surface area contributed by atoms with Gasteiger partial charge in [0.05, 0.1) is 21.1 Å². The minimum atomic E-state index is -0.173. The molecule has 3 aliphatic heterocycles. The molecule has 45 heavy (non-hydrogen) atoms. The summed E-state index contributed by atoms with van der Waals surface area (Å²) in [6, 6.07) is 10.5. The molecule has 3 aliphatic rings. The molecule has 0 amide bonds. The van der Waals surface area contributed by atoms with Crippen LogP contribution >= 0.6 is 22.7 Å². The van der Waals surface area contributed by atoms with Gasteiger partial charge in [0, 0.05) is 52.0 Å². The van der Waals surface area contributed by atoms with Gasteiger partial charge in [-0.15, -0.1) is 22.7 Å². The Bertz CT molecular complexity index is 1690. The first kappa shape index (κ1) is 34.3. The zero-order chi connectivity index (χ0) is 33.5. The van der Waals surface area contributed by atoms with Gasteiger partial charge in [0.2, 0.25) is 0 Å². The van der Waals surface area contributed by atoms with Gasteiger partial charge < -0.3 is 14.7 Å². The molecule has 0 atom stereocenters. The molecule has 1 aromatic carbocycles. The number of rotatable bonds is 0. The average Bonchev–Trinajstić information content (AvgIpc) is 3.61. The van der Waals surface area contributed by atoms with Gasteiger partial charge in [-0.1, -0.05) is 43.5 Å². The maximum Gasteiger partial charge on any atom is 0.148 e. The molecule has 0 aliphatic carbocycles. The second-order valence-electron chi connectivity index (χ2n) is 14.5. The van der Waals surface area contributed by atoms with Crippen molar-refractivity contribution in [3.8, 4) is 0 Å². The van der Waals surface area contributed by atoms with Crippen molar-refractivity contribution in [2.24, 2.45) is 0 Å². The average molecular weight is 642 g/mol. The van der Waals surface area contributed by atoms with E-state index in [9.17, 15) is 4.39 Å². The number of nitrogens with zero attached hydrogens (tertiary/aromatic N) is 3. The quantitative estimate of drug-likeness (QED) is 0.242. The van der Waals surface area contributed by atoms with E-state index < -0.39 is 0 Å². The van der Waals surface area contributed by atoms with Gasteiger partial charge in [0.1, 0.15) is 5.83 Å². The fraction of sp³-hybridized carbons (Fsp3) is 0.333. The topological polar surface area (TPSA) is 9.72 Å². The molecule has 0 unspecified atom stereocenters. The molecule has 0 spiro atoms. The normalized spacial score (nSPS) is 15.8. The molecule has 0 saturated carbocycles. The monoisotopic (exact) mass is 641 g/mol. The van der Waals surface area contributed by atoms with E-state index in [0.717, 1.165) is 22.0 Å². The number of hydrogen-bond acceptors (Lipinski definition) is 5. The smallest absolute Gasteiger partial charge is 0.148 e. The molecular formula is C39H48FN3S2. The predicted octanol–water partition coefficient (Wildman–Crippen LogP) is 12.0. The largest absolute Gasteiger partial charge is 0.343 e. The number of halogens is 1. The predicted molar refractivity (Wildman–Crippen MR) is 199 cm³/mol. The molecule has 0 saturated heterocycles. The minimum Gasteiger partial charge on any atom is -0.343 e. The molecule has 3 nitrogen and oxygen atoms in total. The van der Waals surface area contributed by atoms with E-state index in [2.05, 4.69) is 132 Å². The van der Waals surface area contributed by atoms with Crippen LogP contribution in [0, 0.1) is 6.92 Å². The Hall–Kier alpha value is -3.61. The summed E-state index contributed by atoms with van der Waals surface area (Å²) in [7, 11) is 0. The number of benzene rings is 1. The first-order valence-electron chi connectivity index (χ1n) is 15.3. The Morgan fingerprint density at radius 1 is 0.600 bits per heavy atom. The SMILES string of the molecule is C=C1c2ccc(C)cc2C=CN1C(C)(C)C.C=C1c2sccc2C(F)=CN1C(C)(C)C.C=C1c2sccc2C=CN1C(C)(C)C. The summed E-state index contributed by atoms with van der Waals surface area (Å²) in [4.78, 5) is 8.57. The Balaban J connectivity index is 0.000000154. The first-order chi connectivity index (χ1) is 20.8. The fourth-order valence-corrected chi connectivity index (χ4v) is 7.17. The van der Waals surface area contributed by atoms with E-state index in [4.69, 9.17) is 0 Å². The van der Waals surface area contributed by atoms with Gasteiger partial charge in [-0.3, -0.25) is 0 Å². The Morgan fingerprint density at radius 2 is 1.11 bits per heavy atom. The summed E-state index contributed by atoms with van der Waals surface area (Å²) in [6.07, 6.45) is 10.1. The molecule has 3 aromatic rings. The third kappa shape index (κ3) is 7.45. The Labute approximate surface area is 278 Å². The van der Waals surface area contributed by atoms with Crippen LogP contribution in [0.25, 0.3) is 35.1 Å². The highest BCUT2D eigenvalue weighted by atomic mass is 32.1.